The summed E-state index contributed by atoms with van der Waals surface area (Å²) in [5.74, 6) is 1.80. The third kappa shape index (κ3) is 6.03. The van der Waals surface area contributed by atoms with Crippen LogP contribution in [0.2, 0.25) is 0 Å². The summed E-state index contributed by atoms with van der Waals surface area (Å²) in [6.07, 6.45) is 1.75. The molecule has 2 rings (SSSR count). The standard InChI is InChI=1S/C14H18N4O3S2/c19-18(20)10-13(16-7-8-22)15-6-3-9-23-14-17-11-4-1-2-5-12(11)21-14/h1-2,4-5,10,15-16,22H,3,6-9H2/b13-10-. The first-order valence-electron chi connectivity index (χ1n) is 7.11. The molecule has 1 heterocycles. The molecule has 2 N–H and O–H groups in total. The average Bonchev–Trinajstić information content (AvgIpc) is 2.94. The Hall–Kier alpha value is -1.87. The summed E-state index contributed by atoms with van der Waals surface area (Å²) in [7, 11) is 0. The van der Waals surface area contributed by atoms with E-state index in [2.05, 4.69) is 28.2 Å². The zero-order valence-electron chi connectivity index (χ0n) is 12.4. The van der Waals surface area contributed by atoms with Crippen molar-refractivity contribution >= 4 is 35.5 Å². The van der Waals surface area contributed by atoms with E-state index in [1.54, 1.807) is 0 Å². The quantitative estimate of drug-likeness (QED) is 0.198. The van der Waals surface area contributed by atoms with E-state index < -0.39 is 4.92 Å². The van der Waals surface area contributed by atoms with Crippen molar-refractivity contribution in [2.45, 2.75) is 11.6 Å². The fourth-order valence-corrected chi connectivity index (χ4v) is 2.70. The molecule has 0 amide bonds. The summed E-state index contributed by atoms with van der Waals surface area (Å²) >= 11 is 5.59. The molecule has 0 bridgehead atoms. The van der Waals surface area contributed by atoms with Crippen LogP contribution in [0.5, 0.6) is 0 Å². The number of hydrogen-bond donors (Lipinski definition) is 3. The second-order valence-electron chi connectivity index (χ2n) is 4.55. The zero-order valence-corrected chi connectivity index (χ0v) is 14.1. The van der Waals surface area contributed by atoms with E-state index in [1.807, 2.05) is 24.3 Å². The van der Waals surface area contributed by atoms with Gasteiger partial charge in [0.1, 0.15) is 5.52 Å². The Morgan fingerprint density at radius 3 is 2.91 bits per heavy atom. The Balaban J connectivity index is 1.72. The van der Waals surface area contributed by atoms with Crippen molar-refractivity contribution in [3.63, 3.8) is 0 Å². The minimum atomic E-state index is -0.485. The number of rotatable bonds is 10. The highest BCUT2D eigenvalue weighted by Crippen LogP contribution is 2.23. The number of para-hydroxylation sites is 2. The van der Waals surface area contributed by atoms with Gasteiger partial charge in [-0.25, -0.2) is 4.98 Å². The summed E-state index contributed by atoms with van der Waals surface area (Å²) in [5, 5.41) is 17.1. The number of fused-ring (bicyclic) bond motifs is 1. The normalized spacial score (nSPS) is 11.6. The van der Waals surface area contributed by atoms with Crippen LogP contribution in [0.4, 0.5) is 0 Å². The summed E-state index contributed by atoms with van der Waals surface area (Å²) < 4.78 is 5.61. The van der Waals surface area contributed by atoms with Gasteiger partial charge in [-0.15, -0.1) is 0 Å². The zero-order chi connectivity index (χ0) is 16.5. The first-order chi connectivity index (χ1) is 11.2. The minimum Gasteiger partial charge on any atom is -0.431 e. The van der Waals surface area contributed by atoms with Crippen LogP contribution in [0, 0.1) is 10.1 Å². The van der Waals surface area contributed by atoms with E-state index in [1.165, 1.54) is 11.8 Å². The molecule has 2 aromatic rings. The Morgan fingerprint density at radius 1 is 1.39 bits per heavy atom. The van der Waals surface area contributed by atoms with Gasteiger partial charge in [-0.2, -0.15) is 12.6 Å². The molecule has 0 aliphatic carbocycles. The van der Waals surface area contributed by atoms with Gasteiger partial charge in [-0.3, -0.25) is 10.1 Å². The molecule has 0 fully saturated rings. The molecule has 124 valence electrons. The second-order valence-corrected chi connectivity index (χ2v) is 6.05. The number of benzene rings is 1. The van der Waals surface area contributed by atoms with Gasteiger partial charge >= 0.3 is 0 Å². The lowest BCUT2D eigenvalue weighted by atomic mass is 10.3. The van der Waals surface area contributed by atoms with Crippen molar-refractivity contribution in [1.29, 1.82) is 0 Å². The van der Waals surface area contributed by atoms with E-state index in [4.69, 9.17) is 4.42 Å². The van der Waals surface area contributed by atoms with E-state index >= 15 is 0 Å². The Labute approximate surface area is 143 Å². The fourth-order valence-electron chi connectivity index (χ4n) is 1.82. The van der Waals surface area contributed by atoms with Crippen LogP contribution in [0.3, 0.4) is 0 Å². The second kappa shape index (κ2) is 9.31. The van der Waals surface area contributed by atoms with Crippen LogP contribution >= 0.6 is 24.4 Å². The molecule has 0 radical (unpaired) electrons. The SMILES string of the molecule is O=[N+]([O-])/C=C(\NCCS)NCCCSc1nc2ccccc2o1. The third-order valence-corrected chi connectivity index (χ3v) is 3.94. The lowest BCUT2D eigenvalue weighted by molar-refractivity contribution is -0.404. The molecule has 1 aromatic carbocycles. The van der Waals surface area contributed by atoms with Crippen molar-refractivity contribution in [3.8, 4) is 0 Å². The monoisotopic (exact) mass is 354 g/mol. The smallest absolute Gasteiger partial charge is 0.274 e. The first kappa shape index (κ1) is 17.5. The summed E-state index contributed by atoms with van der Waals surface area (Å²) in [5.41, 5.74) is 1.63. The van der Waals surface area contributed by atoms with Gasteiger partial charge in [-0.1, -0.05) is 23.9 Å². The number of oxazole rings is 1. The maximum atomic E-state index is 10.5. The topological polar surface area (TPSA) is 93.2 Å². The molecule has 0 unspecified atom stereocenters. The largest absolute Gasteiger partial charge is 0.431 e. The number of nitrogens with zero attached hydrogens (tertiary/aromatic N) is 2. The molecule has 0 saturated heterocycles. The number of hydrogen-bond acceptors (Lipinski definition) is 8. The minimum absolute atomic E-state index is 0.399. The van der Waals surface area contributed by atoms with Gasteiger partial charge in [0.25, 0.3) is 11.4 Å². The van der Waals surface area contributed by atoms with Gasteiger partial charge in [0.15, 0.2) is 11.4 Å². The van der Waals surface area contributed by atoms with Crippen LogP contribution in [0.15, 0.2) is 45.9 Å². The molecule has 23 heavy (non-hydrogen) atoms. The van der Waals surface area contributed by atoms with E-state index in [0.29, 0.717) is 29.9 Å². The summed E-state index contributed by atoms with van der Waals surface area (Å²) in [6.45, 7) is 1.18. The van der Waals surface area contributed by atoms with Crippen LogP contribution in [-0.4, -0.2) is 34.5 Å². The molecule has 0 aliphatic heterocycles. The van der Waals surface area contributed by atoms with Crippen LogP contribution in [0.1, 0.15) is 6.42 Å². The van der Waals surface area contributed by atoms with Crippen LogP contribution in [0.25, 0.3) is 11.1 Å². The third-order valence-electron chi connectivity index (χ3n) is 2.80. The number of nitro groups is 1. The van der Waals surface area contributed by atoms with Gasteiger partial charge in [-0.05, 0) is 18.6 Å². The first-order valence-corrected chi connectivity index (χ1v) is 8.73. The molecule has 0 saturated carbocycles. The van der Waals surface area contributed by atoms with Gasteiger partial charge in [0.05, 0.1) is 4.92 Å². The molecular formula is C14H18N4O3S2. The van der Waals surface area contributed by atoms with Crippen LogP contribution in [-0.2, 0) is 0 Å². The summed E-state index contributed by atoms with van der Waals surface area (Å²) in [4.78, 5) is 14.4. The Bertz CT molecular complexity index is 642. The van der Waals surface area contributed by atoms with E-state index in [-0.39, 0.29) is 0 Å². The molecule has 7 nitrogen and oxygen atoms in total. The van der Waals surface area contributed by atoms with Gasteiger partial charge < -0.3 is 15.1 Å². The van der Waals surface area contributed by atoms with Crippen molar-refractivity contribution in [1.82, 2.24) is 15.6 Å². The molecule has 1 aromatic heterocycles. The molecule has 0 atom stereocenters. The number of thiol groups is 1. The lowest BCUT2D eigenvalue weighted by Gasteiger charge is -2.09. The summed E-state index contributed by atoms with van der Waals surface area (Å²) in [6, 6.07) is 7.62. The van der Waals surface area contributed by atoms with Gasteiger partial charge in [0.2, 0.25) is 0 Å². The highest BCUT2D eigenvalue weighted by Gasteiger charge is 2.05. The highest BCUT2D eigenvalue weighted by atomic mass is 32.2. The Kier molecular flexibility index (Phi) is 7.08. The number of nitrogens with one attached hydrogen (secondary N) is 2. The van der Waals surface area contributed by atoms with E-state index in [0.717, 1.165) is 29.5 Å². The van der Waals surface area contributed by atoms with E-state index in [9.17, 15) is 10.1 Å². The van der Waals surface area contributed by atoms with Crippen molar-refractivity contribution in [2.75, 3.05) is 24.6 Å². The predicted octanol–water partition coefficient (Wildman–Crippen LogP) is 2.49. The van der Waals surface area contributed by atoms with Crippen molar-refractivity contribution in [2.24, 2.45) is 0 Å². The molecule has 9 heteroatoms. The molecule has 0 spiro atoms. The van der Waals surface area contributed by atoms with Crippen molar-refractivity contribution < 1.29 is 9.34 Å². The molecular weight excluding hydrogens is 336 g/mol. The maximum absolute atomic E-state index is 10.5. The van der Waals surface area contributed by atoms with Crippen LogP contribution < -0.4 is 10.6 Å². The number of thioether (sulfide) groups is 1. The molecule has 0 aliphatic rings. The van der Waals surface area contributed by atoms with Crippen molar-refractivity contribution in [3.05, 3.63) is 46.4 Å². The predicted molar refractivity (Wildman–Crippen MR) is 94.3 cm³/mol. The number of aromatic nitrogens is 1. The van der Waals surface area contributed by atoms with Gasteiger partial charge in [0, 0.05) is 24.6 Å². The fraction of sp³-hybridized carbons (Fsp3) is 0.357. The maximum Gasteiger partial charge on any atom is 0.274 e. The lowest BCUT2D eigenvalue weighted by Crippen LogP contribution is -2.29. The Morgan fingerprint density at radius 2 is 2.17 bits per heavy atom. The average molecular weight is 354 g/mol. The highest BCUT2D eigenvalue weighted by molar-refractivity contribution is 7.99.